The van der Waals surface area contributed by atoms with Crippen LogP contribution in [0.2, 0.25) is 0 Å². The van der Waals surface area contributed by atoms with Gasteiger partial charge in [-0.05, 0) is 32.7 Å². The Bertz CT molecular complexity index is 469. The first-order chi connectivity index (χ1) is 9.81. The Hall–Kier alpha value is -1.36. The number of aromatic nitrogens is 2. The molecule has 0 saturated carbocycles. The zero-order chi connectivity index (χ0) is 13.5. The standard InChI is InChI=1S/C15H23N5/c1-18-5-7-19(8-6-18)14-10-15(17-11-16-14)20-12-3-2-4-13(20)9-12/h10-13H,2-9H2,1H3/t12-,13-/m1/s1. The Morgan fingerprint density at radius 3 is 2.40 bits per heavy atom. The Morgan fingerprint density at radius 1 is 1.00 bits per heavy atom. The summed E-state index contributed by atoms with van der Waals surface area (Å²) < 4.78 is 0. The minimum atomic E-state index is 0.740. The number of nitrogens with zero attached hydrogens (tertiary/aromatic N) is 5. The molecule has 5 nitrogen and oxygen atoms in total. The molecule has 4 heterocycles. The van der Waals surface area contributed by atoms with Crippen LogP contribution < -0.4 is 9.80 Å². The number of rotatable bonds is 2. The fourth-order valence-corrected chi connectivity index (χ4v) is 3.87. The van der Waals surface area contributed by atoms with Gasteiger partial charge in [-0.25, -0.2) is 9.97 Å². The summed E-state index contributed by atoms with van der Waals surface area (Å²) in [5.74, 6) is 2.25. The van der Waals surface area contributed by atoms with Crippen LogP contribution in [0.4, 0.5) is 11.6 Å². The summed E-state index contributed by atoms with van der Waals surface area (Å²) >= 11 is 0. The summed E-state index contributed by atoms with van der Waals surface area (Å²) in [5, 5.41) is 0. The van der Waals surface area contributed by atoms with Crippen molar-refractivity contribution in [3.8, 4) is 0 Å². The highest BCUT2D eigenvalue weighted by molar-refractivity contribution is 5.54. The average molecular weight is 273 g/mol. The molecule has 2 bridgehead atoms. The minimum Gasteiger partial charge on any atom is -0.354 e. The van der Waals surface area contributed by atoms with Gasteiger partial charge >= 0.3 is 0 Å². The Labute approximate surface area is 120 Å². The van der Waals surface area contributed by atoms with Crippen molar-refractivity contribution in [2.75, 3.05) is 43.0 Å². The maximum atomic E-state index is 4.53. The van der Waals surface area contributed by atoms with Gasteiger partial charge in [0.15, 0.2) is 0 Å². The van der Waals surface area contributed by atoms with Crippen molar-refractivity contribution in [1.82, 2.24) is 14.9 Å². The number of anilines is 2. The Morgan fingerprint density at radius 2 is 1.70 bits per heavy atom. The van der Waals surface area contributed by atoms with Crippen molar-refractivity contribution in [3.05, 3.63) is 12.4 Å². The number of fused-ring (bicyclic) bond motifs is 2. The normalized spacial score (nSPS) is 30.2. The lowest BCUT2D eigenvalue weighted by molar-refractivity contribution is 0.241. The predicted molar refractivity (Wildman–Crippen MR) is 80.3 cm³/mol. The van der Waals surface area contributed by atoms with Crippen LogP contribution in [0, 0.1) is 0 Å². The van der Waals surface area contributed by atoms with Crippen LogP contribution in [0.15, 0.2) is 12.4 Å². The third-order valence-corrected chi connectivity index (χ3v) is 5.14. The van der Waals surface area contributed by atoms with Crippen molar-refractivity contribution < 1.29 is 0 Å². The molecule has 3 aliphatic heterocycles. The van der Waals surface area contributed by atoms with E-state index in [4.69, 9.17) is 0 Å². The summed E-state index contributed by atoms with van der Waals surface area (Å²) in [5.41, 5.74) is 0. The van der Waals surface area contributed by atoms with E-state index in [2.05, 4.69) is 37.8 Å². The van der Waals surface area contributed by atoms with Crippen LogP contribution >= 0.6 is 0 Å². The number of hydrogen-bond acceptors (Lipinski definition) is 5. The van der Waals surface area contributed by atoms with Crippen molar-refractivity contribution in [2.45, 2.75) is 37.8 Å². The van der Waals surface area contributed by atoms with E-state index in [-0.39, 0.29) is 0 Å². The lowest BCUT2D eigenvalue weighted by Gasteiger charge is -2.53. The van der Waals surface area contributed by atoms with E-state index in [0.717, 1.165) is 49.9 Å². The van der Waals surface area contributed by atoms with Gasteiger partial charge in [-0.3, -0.25) is 0 Å². The van der Waals surface area contributed by atoms with Crippen molar-refractivity contribution >= 4 is 11.6 Å². The third kappa shape index (κ3) is 2.04. The first-order valence-electron chi connectivity index (χ1n) is 7.85. The summed E-state index contributed by atoms with van der Waals surface area (Å²) in [7, 11) is 2.18. The highest BCUT2D eigenvalue weighted by Gasteiger charge is 2.42. The fourth-order valence-electron chi connectivity index (χ4n) is 3.87. The van der Waals surface area contributed by atoms with Crippen LogP contribution in [-0.2, 0) is 0 Å². The van der Waals surface area contributed by atoms with E-state index in [1.165, 1.54) is 25.7 Å². The second kappa shape index (κ2) is 4.88. The van der Waals surface area contributed by atoms with Gasteiger partial charge in [0.05, 0.1) is 0 Å². The quantitative estimate of drug-likeness (QED) is 0.813. The topological polar surface area (TPSA) is 35.5 Å². The molecular formula is C15H23N5. The number of likely N-dealkylation sites (N-methyl/N-ethyl adjacent to an activating group) is 1. The molecule has 108 valence electrons. The van der Waals surface area contributed by atoms with E-state index in [1.54, 1.807) is 6.33 Å². The molecule has 0 aliphatic carbocycles. The van der Waals surface area contributed by atoms with Crippen LogP contribution in [0.3, 0.4) is 0 Å². The van der Waals surface area contributed by atoms with Crippen LogP contribution in [0.5, 0.6) is 0 Å². The molecular weight excluding hydrogens is 250 g/mol. The second-order valence-electron chi connectivity index (χ2n) is 6.41. The molecule has 0 radical (unpaired) electrons. The zero-order valence-electron chi connectivity index (χ0n) is 12.2. The molecule has 4 rings (SSSR count). The maximum absolute atomic E-state index is 4.53. The van der Waals surface area contributed by atoms with E-state index in [1.807, 2.05) is 0 Å². The van der Waals surface area contributed by atoms with Crippen molar-refractivity contribution in [2.24, 2.45) is 0 Å². The predicted octanol–water partition coefficient (Wildman–Crippen LogP) is 1.36. The molecule has 1 aromatic rings. The van der Waals surface area contributed by atoms with Gasteiger partial charge < -0.3 is 14.7 Å². The number of piperidine rings is 1. The van der Waals surface area contributed by atoms with Gasteiger partial charge in [0.1, 0.15) is 18.0 Å². The van der Waals surface area contributed by atoms with E-state index < -0.39 is 0 Å². The van der Waals surface area contributed by atoms with Crippen molar-refractivity contribution in [1.29, 1.82) is 0 Å². The van der Waals surface area contributed by atoms with E-state index in [0.29, 0.717) is 0 Å². The van der Waals surface area contributed by atoms with Gasteiger partial charge in [-0.15, -0.1) is 0 Å². The molecule has 3 saturated heterocycles. The number of hydrogen-bond donors (Lipinski definition) is 0. The minimum absolute atomic E-state index is 0.740. The van der Waals surface area contributed by atoms with E-state index in [9.17, 15) is 0 Å². The largest absolute Gasteiger partial charge is 0.354 e. The maximum Gasteiger partial charge on any atom is 0.134 e. The van der Waals surface area contributed by atoms with Gasteiger partial charge in [0, 0.05) is 44.3 Å². The highest BCUT2D eigenvalue weighted by Crippen LogP contribution is 2.41. The molecule has 5 heteroatoms. The van der Waals surface area contributed by atoms with Gasteiger partial charge in [0.25, 0.3) is 0 Å². The third-order valence-electron chi connectivity index (χ3n) is 5.14. The molecule has 0 spiro atoms. The summed E-state index contributed by atoms with van der Waals surface area (Å²) in [6.07, 6.45) is 7.18. The Balaban J connectivity index is 1.53. The average Bonchev–Trinajstić information content (AvgIpc) is 2.49. The molecule has 0 aromatic carbocycles. The van der Waals surface area contributed by atoms with Crippen LogP contribution in [0.1, 0.15) is 25.7 Å². The molecule has 0 N–H and O–H groups in total. The first kappa shape index (κ1) is 12.4. The summed E-state index contributed by atoms with van der Waals surface area (Å²) in [6, 6.07) is 3.68. The molecule has 3 aliphatic rings. The SMILES string of the molecule is CN1CCN(c2cc(N3[C@@H]4CCC[C@@H]3C4)ncn2)CC1. The molecule has 0 unspecified atom stereocenters. The molecule has 20 heavy (non-hydrogen) atoms. The summed E-state index contributed by atoms with van der Waals surface area (Å²) in [4.78, 5) is 16.3. The lowest BCUT2D eigenvalue weighted by Crippen LogP contribution is -2.59. The molecule has 3 fully saturated rings. The molecule has 1 aromatic heterocycles. The van der Waals surface area contributed by atoms with Crippen molar-refractivity contribution in [3.63, 3.8) is 0 Å². The first-order valence-corrected chi connectivity index (χ1v) is 7.85. The highest BCUT2D eigenvalue weighted by atomic mass is 15.3. The molecule has 2 atom stereocenters. The van der Waals surface area contributed by atoms with E-state index >= 15 is 0 Å². The second-order valence-corrected chi connectivity index (χ2v) is 6.41. The Kier molecular flexibility index (Phi) is 3.02. The smallest absolute Gasteiger partial charge is 0.134 e. The van der Waals surface area contributed by atoms with Gasteiger partial charge in [-0.2, -0.15) is 0 Å². The fraction of sp³-hybridized carbons (Fsp3) is 0.733. The van der Waals surface area contributed by atoms with Gasteiger partial charge in [0.2, 0.25) is 0 Å². The zero-order valence-corrected chi connectivity index (χ0v) is 12.2. The van der Waals surface area contributed by atoms with Crippen LogP contribution in [-0.4, -0.2) is 60.2 Å². The molecule has 0 amide bonds. The summed E-state index contributed by atoms with van der Waals surface area (Å²) in [6.45, 7) is 4.38. The van der Waals surface area contributed by atoms with Gasteiger partial charge in [-0.1, -0.05) is 0 Å². The van der Waals surface area contributed by atoms with Crippen LogP contribution in [0.25, 0.3) is 0 Å². The monoisotopic (exact) mass is 273 g/mol. The lowest BCUT2D eigenvalue weighted by atomic mass is 9.80. The number of piperazine rings is 1.